The molecule has 5 N–H and O–H groups in total. The number of aliphatic carboxylic acids is 1. The van der Waals surface area contributed by atoms with Crippen LogP contribution in [0.4, 0.5) is 13.2 Å². The minimum absolute atomic E-state index is 0.159. The van der Waals surface area contributed by atoms with E-state index in [4.69, 9.17) is 25.9 Å². The Morgan fingerprint density at radius 2 is 1.66 bits per heavy atom. The second kappa shape index (κ2) is 9.92. The summed E-state index contributed by atoms with van der Waals surface area (Å²) in [6, 6.07) is 16.8. The molecule has 0 saturated carbocycles. The quantitative estimate of drug-likeness (QED) is 0.343. The topological polar surface area (TPSA) is 108 Å². The molecule has 2 aromatic carbocycles. The fourth-order valence-corrected chi connectivity index (χ4v) is 2.20. The molecule has 2 aromatic rings. The van der Waals surface area contributed by atoms with E-state index in [1.807, 2.05) is 12.1 Å². The summed E-state index contributed by atoms with van der Waals surface area (Å²) in [6.45, 7) is 6.99. The molecule has 0 saturated heterocycles. The smallest absolute Gasteiger partial charge is 0.475 e. The molecule has 0 bridgehead atoms. The van der Waals surface area contributed by atoms with Crippen LogP contribution >= 0.6 is 0 Å². The molecule has 0 aliphatic rings. The van der Waals surface area contributed by atoms with Crippen LogP contribution in [0.3, 0.4) is 0 Å². The number of hydroxylamine groups is 1. The van der Waals surface area contributed by atoms with Crippen molar-refractivity contribution in [3.8, 4) is 11.1 Å². The fourth-order valence-electron chi connectivity index (χ4n) is 2.20. The normalized spacial score (nSPS) is 11.2. The van der Waals surface area contributed by atoms with E-state index in [0.29, 0.717) is 6.61 Å². The minimum Gasteiger partial charge on any atom is -0.475 e. The number of hydrogen-bond donors (Lipinski definition) is 4. The summed E-state index contributed by atoms with van der Waals surface area (Å²) in [5, 5.41) is 14.2. The maximum Gasteiger partial charge on any atom is 0.490 e. The van der Waals surface area contributed by atoms with Gasteiger partial charge in [-0.3, -0.25) is 10.2 Å². The van der Waals surface area contributed by atoms with Crippen molar-refractivity contribution in [2.45, 2.75) is 39.0 Å². The number of hydrogen-bond acceptors (Lipinski definition) is 3. The Morgan fingerprint density at radius 3 is 2.10 bits per heavy atom. The Bertz CT molecular complexity index is 829. The van der Waals surface area contributed by atoms with Crippen LogP contribution in [0.2, 0.25) is 0 Å². The molecule has 0 unspecified atom stereocenters. The summed E-state index contributed by atoms with van der Waals surface area (Å²) in [7, 11) is 0. The molecule has 0 atom stereocenters. The molecule has 2 rings (SSSR count). The van der Waals surface area contributed by atoms with Gasteiger partial charge in [-0.15, -0.1) is 0 Å². The summed E-state index contributed by atoms with van der Waals surface area (Å²) in [5.74, 6) is -2.96. The highest BCUT2D eigenvalue weighted by atomic mass is 19.4. The summed E-state index contributed by atoms with van der Waals surface area (Å²) in [6.07, 6.45) is -5.08. The van der Waals surface area contributed by atoms with Crippen molar-refractivity contribution in [3.63, 3.8) is 0 Å². The Morgan fingerprint density at radius 1 is 1.10 bits per heavy atom. The van der Waals surface area contributed by atoms with Crippen LogP contribution in [-0.4, -0.2) is 23.2 Å². The molecule has 0 aliphatic heterocycles. The number of nitrogens with one attached hydrogen (secondary N) is 2. The number of carboxylic acid groups (broad SMARTS) is 1. The number of rotatable bonds is 4. The number of carboxylic acids is 1. The molecule has 158 valence electrons. The first kappa shape index (κ1) is 24.0. The first-order valence-corrected chi connectivity index (χ1v) is 8.52. The monoisotopic (exact) mass is 411 g/mol. The van der Waals surface area contributed by atoms with E-state index >= 15 is 0 Å². The second-order valence-corrected chi connectivity index (χ2v) is 7.14. The predicted molar refractivity (Wildman–Crippen MR) is 104 cm³/mol. The average molecular weight is 411 g/mol. The fraction of sp³-hybridized carbons (Fsp3) is 0.300. The molecule has 0 aromatic heterocycles. The zero-order chi connectivity index (χ0) is 22.2. The van der Waals surface area contributed by atoms with Gasteiger partial charge in [-0.2, -0.15) is 13.2 Å². The van der Waals surface area contributed by atoms with Crippen molar-refractivity contribution in [1.82, 2.24) is 5.48 Å². The van der Waals surface area contributed by atoms with Gasteiger partial charge in [0.15, 0.2) is 0 Å². The van der Waals surface area contributed by atoms with Gasteiger partial charge in [0.1, 0.15) is 0 Å². The molecule has 29 heavy (non-hydrogen) atoms. The van der Waals surface area contributed by atoms with Gasteiger partial charge in [0, 0.05) is 0 Å². The van der Waals surface area contributed by atoms with Crippen LogP contribution in [0.15, 0.2) is 48.5 Å². The summed E-state index contributed by atoms with van der Waals surface area (Å²) >= 11 is 0. The number of benzene rings is 2. The lowest BCUT2D eigenvalue weighted by molar-refractivity contribution is -0.192. The molecule has 6 nitrogen and oxygen atoms in total. The van der Waals surface area contributed by atoms with Gasteiger partial charge in [0.25, 0.3) is 0 Å². The highest BCUT2D eigenvalue weighted by Crippen LogP contribution is 2.26. The zero-order valence-electron chi connectivity index (χ0n) is 16.3. The van der Waals surface area contributed by atoms with Crippen molar-refractivity contribution < 1.29 is 27.9 Å². The highest BCUT2D eigenvalue weighted by molar-refractivity contribution is 5.73. The van der Waals surface area contributed by atoms with Crippen molar-refractivity contribution in [2.24, 2.45) is 5.73 Å². The van der Waals surface area contributed by atoms with Crippen molar-refractivity contribution in [3.05, 3.63) is 59.7 Å². The molecular weight excluding hydrogens is 387 g/mol. The van der Waals surface area contributed by atoms with Gasteiger partial charge < -0.3 is 10.8 Å². The van der Waals surface area contributed by atoms with Crippen molar-refractivity contribution >= 4 is 11.9 Å². The average Bonchev–Trinajstić information content (AvgIpc) is 2.61. The van der Waals surface area contributed by atoms with E-state index in [0.717, 1.165) is 11.1 Å². The third-order valence-electron chi connectivity index (χ3n) is 3.67. The van der Waals surface area contributed by atoms with E-state index in [9.17, 15) is 13.2 Å². The highest BCUT2D eigenvalue weighted by Gasteiger charge is 2.38. The van der Waals surface area contributed by atoms with Crippen LogP contribution in [0.5, 0.6) is 0 Å². The largest absolute Gasteiger partial charge is 0.490 e. The molecule has 0 aliphatic carbocycles. The lowest BCUT2D eigenvalue weighted by Crippen LogP contribution is -2.30. The van der Waals surface area contributed by atoms with Crippen LogP contribution < -0.4 is 11.2 Å². The summed E-state index contributed by atoms with van der Waals surface area (Å²) in [4.78, 5) is 14.0. The summed E-state index contributed by atoms with van der Waals surface area (Å²) < 4.78 is 31.7. The number of halogens is 3. The standard InChI is InChI=1S/C18H23N3O.C2HF3O2/c1-18(2,3)16-9-7-14(8-10-16)15-6-4-5-13(11-15)12-22-21-17(19)20;3-2(4,5)1(6)7/h4-11H,12H2,1-3H3,(H4,19,20,21);(H,6,7). The Kier molecular flexibility index (Phi) is 8.20. The molecule has 9 heteroatoms. The maximum atomic E-state index is 10.6. The van der Waals surface area contributed by atoms with Crippen molar-refractivity contribution in [1.29, 1.82) is 5.41 Å². The molecule has 0 fully saturated rings. The van der Waals surface area contributed by atoms with Gasteiger partial charge in [-0.05, 0) is 33.7 Å². The lowest BCUT2D eigenvalue weighted by Gasteiger charge is -2.19. The Labute approximate surface area is 167 Å². The first-order valence-electron chi connectivity index (χ1n) is 8.52. The maximum absolute atomic E-state index is 10.6. The van der Waals surface area contributed by atoms with Crippen LogP contribution in [0, 0.1) is 5.41 Å². The first-order chi connectivity index (χ1) is 13.3. The van der Waals surface area contributed by atoms with Gasteiger partial charge in [0.05, 0.1) is 6.61 Å². The number of carbonyl (C=O) groups is 1. The Balaban J connectivity index is 0.000000516. The van der Waals surface area contributed by atoms with E-state index in [2.05, 4.69) is 62.6 Å². The molecule has 0 spiro atoms. The minimum atomic E-state index is -5.08. The van der Waals surface area contributed by atoms with Crippen LogP contribution in [0.25, 0.3) is 11.1 Å². The predicted octanol–water partition coefficient (Wildman–Crippen LogP) is 4.20. The van der Waals surface area contributed by atoms with Crippen LogP contribution in [-0.2, 0) is 21.7 Å². The SMILES string of the molecule is CC(C)(C)c1ccc(-c2cccc(CONC(=N)N)c2)cc1.O=C(O)C(F)(F)F. The van der Waals surface area contributed by atoms with Gasteiger partial charge in [-0.25, -0.2) is 10.3 Å². The third-order valence-corrected chi connectivity index (χ3v) is 3.67. The number of guanidine groups is 1. The van der Waals surface area contributed by atoms with Gasteiger partial charge in [-0.1, -0.05) is 63.2 Å². The Hall–Kier alpha value is -3.07. The third kappa shape index (κ3) is 8.65. The molecule has 0 radical (unpaired) electrons. The second-order valence-electron chi connectivity index (χ2n) is 7.14. The summed E-state index contributed by atoms with van der Waals surface area (Å²) in [5.41, 5.74) is 12.3. The number of nitrogens with two attached hydrogens (primary N) is 1. The van der Waals surface area contributed by atoms with Crippen LogP contribution in [0.1, 0.15) is 31.9 Å². The van der Waals surface area contributed by atoms with E-state index in [-0.39, 0.29) is 11.4 Å². The molecule has 0 amide bonds. The van der Waals surface area contributed by atoms with Gasteiger partial charge in [0.2, 0.25) is 5.96 Å². The van der Waals surface area contributed by atoms with Crippen molar-refractivity contribution in [2.75, 3.05) is 0 Å². The van der Waals surface area contributed by atoms with E-state index in [1.165, 1.54) is 11.1 Å². The molecular formula is C20H24F3N3O3. The lowest BCUT2D eigenvalue weighted by atomic mass is 9.86. The molecule has 0 heterocycles. The van der Waals surface area contributed by atoms with E-state index in [1.54, 1.807) is 0 Å². The van der Waals surface area contributed by atoms with Gasteiger partial charge >= 0.3 is 12.1 Å². The number of alkyl halides is 3. The zero-order valence-corrected chi connectivity index (χ0v) is 16.3. The van der Waals surface area contributed by atoms with E-state index < -0.39 is 12.1 Å².